The Hall–Kier alpha value is 0.460. The minimum atomic E-state index is -0.737. The van der Waals surface area contributed by atoms with E-state index in [1.807, 2.05) is 0 Å². The fourth-order valence-corrected chi connectivity index (χ4v) is 5.76. The quantitative estimate of drug-likeness (QED) is 0.787. The van der Waals surface area contributed by atoms with Crippen molar-refractivity contribution >= 4 is 22.6 Å². The van der Waals surface area contributed by atoms with E-state index in [0.717, 1.165) is 24.3 Å². The normalized spacial score (nSPS) is 36.4. The molecule has 13 heavy (non-hydrogen) atoms. The van der Waals surface area contributed by atoms with Crippen molar-refractivity contribution < 1.29 is 9.32 Å². The second-order valence-electron chi connectivity index (χ2n) is 3.55. The van der Waals surface area contributed by atoms with Gasteiger partial charge in [-0.25, -0.2) is 0 Å². The van der Waals surface area contributed by atoms with E-state index in [1.54, 1.807) is 18.7 Å². The summed E-state index contributed by atoms with van der Waals surface area (Å²) in [6.45, 7) is 3.87. The summed E-state index contributed by atoms with van der Waals surface area (Å²) in [6, 6.07) is 0. The lowest BCUT2D eigenvalue weighted by atomic mass is 10.1. The highest BCUT2D eigenvalue weighted by Gasteiger charge is 2.41. The lowest BCUT2D eigenvalue weighted by molar-refractivity contribution is 0.179. The summed E-state index contributed by atoms with van der Waals surface area (Å²) in [6.07, 6.45) is 2.40. The summed E-state index contributed by atoms with van der Waals surface area (Å²) in [7, 11) is -0.737. The predicted octanol–water partition coefficient (Wildman–Crippen LogP) is 1.75. The summed E-state index contributed by atoms with van der Waals surface area (Å²) < 4.78 is 11.7. The number of hydrogen-bond donors (Lipinski definition) is 1. The monoisotopic (exact) mass is 222 g/mol. The Morgan fingerprint density at radius 1 is 1.69 bits per heavy atom. The van der Waals surface area contributed by atoms with Gasteiger partial charge in [-0.15, -0.1) is 11.8 Å². The average molecular weight is 222 g/mol. The molecule has 1 saturated heterocycles. The van der Waals surface area contributed by atoms with Crippen LogP contribution in [0.4, 0.5) is 0 Å². The molecular formula is C9H18O2S2. The molecule has 4 heteroatoms. The highest BCUT2D eigenvalue weighted by molar-refractivity contribution is 8.12. The molecule has 0 aromatic heterocycles. The number of aliphatic hydroxyl groups excluding tert-OH is 1. The van der Waals surface area contributed by atoms with Crippen molar-refractivity contribution in [2.45, 2.75) is 43.3 Å². The van der Waals surface area contributed by atoms with Gasteiger partial charge in [0, 0.05) is 16.6 Å². The molecule has 0 unspecified atom stereocenters. The molecule has 0 radical (unpaired) electrons. The predicted molar refractivity (Wildman–Crippen MR) is 59.4 cm³/mol. The van der Waals surface area contributed by atoms with E-state index < -0.39 is 10.8 Å². The molecule has 0 aliphatic carbocycles. The van der Waals surface area contributed by atoms with Gasteiger partial charge >= 0.3 is 0 Å². The molecule has 0 saturated carbocycles. The Bertz CT molecular complexity index is 194. The van der Waals surface area contributed by atoms with Crippen LogP contribution in [-0.2, 0) is 10.8 Å². The van der Waals surface area contributed by atoms with Crippen LogP contribution in [0, 0.1) is 0 Å². The van der Waals surface area contributed by atoms with Crippen LogP contribution in [0.5, 0.6) is 0 Å². The first kappa shape index (κ1) is 11.5. The molecule has 0 aromatic rings. The standard InChI is InChI=1S/C9H18O2S2/c1-3-12-9(7-8(2)10)5-4-6-13(9)11/h8,10H,3-7H2,1-2H3/t8-,9-,13+/m0/s1. The lowest BCUT2D eigenvalue weighted by Crippen LogP contribution is -2.30. The molecule has 2 nitrogen and oxygen atoms in total. The smallest absolute Gasteiger partial charge is 0.0933 e. The van der Waals surface area contributed by atoms with Crippen LogP contribution in [0.2, 0.25) is 0 Å². The zero-order valence-electron chi connectivity index (χ0n) is 8.28. The third-order valence-corrected chi connectivity index (χ3v) is 6.27. The number of thioether (sulfide) groups is 1. The van der Waals surface area contributed by atoms with Crippen LogP contribution in [-0.4, -0.2) is 31.0 Å². The zero-order chi connectivity index (χ0) is 9.90. The minimum absolute atomic E-state index is 0.136. The van der Waals surface area contributed by atoms with Crippen LogP contribution >= 0.6 is 11.8 Å². The molecule has 1 rings (SSSR count). The Balaban J connectivity index is 2.68. The van der Waals surface area contributed by atoms with Crippen molar-refractivity contribution in [2.24, 2.45) is 0 Å². The molecular weight excluding hydrogens is 204 g/mol. The first-order valence-corrected chi connectivity index (χ1v) is 7.11. The maximum atomic E-state index is 11.8. The minimum Gasteiger partial charge on any atom is -0.393 e. The molecule has 78 valence electrons. The molecule has 1 heterocycles. The van der Waals surface area contributed by atoms with Gasteiger partial charge in [0.15, 0.2) is 0 Å². The third-order valence-electron chi connectivity index (χ3n) is 2.32. The fourth-order valence-electron chi connectivity index (χ4n) is 1.88. The number of rotatable bonds is 4. The summed E-state index contributed by atoms with van der Waals surface area (Å²) in [4.78, 5) is 0. The Labute approximate surface area is 86.9 Å². The highest BCUT2D eigenvalue weighted by atomic mass is 32.2. The van der Waals surface area contributed by atoms with Gasteiger partial charge in [-0.3, -0.25) is 4.21 Å². The summed E-state index contributed by atoms with van der Waals surface area (Å²) in [5.74, 6) is 1.80. The van der Waals surface area contributed by atoms with E-state index >= 15 is 0 Å². The fraction of sp³-hybridized carbons (Fsp3) is 1.00. The van der Waals surface area contributed by atoms with Gasteiger partial charge in [-0.1, -0.05) is 6.92 Å². The molecule has 1 aliphatic heterocycles. The molecule has 1 aliphatic rings. The lowest BCUT2D eigenvalue weighted by Gasteiger charge is -2.27. The Morgan fingerprint density at radius 3 is 2.77 bits per heavy atom. The molecule has 0 amide bonds. The van der Waals surface area contributed by atoms with Gasteiger partial charge < -0.3 is 5.11 Å². The van der Waals surface area contributed by atoms with Crippen LogP contribution in [0.25, 0.3) is 0 Å². The number of aliphatic hydroxyl groups is 1. The maximum Gasteiger partial charge on any atom is 0.0933 e. The number of hydrogen-bond acceptors (Lipinski definition) is 3. The van der Waals surface area contributed by atoms with Gasteiger partial charge in [0.2, 0.25) is 0 Å². The van der Waals surface area contributed by atoms with E-state index in [0.29, 0.717) is 6.42 Å². The molecule has 0 spiro atoms. The van der Waals surface area contributed by atoms with Crippen molar-refractivity contribution in [1.82, 2.24) is 0 Å². The molecule has 1 N–H and O–H groups in total. The SMILES string of the molecule is CCS[C@@]1(C[C@H](C)O)CCC[S@]1=O. The largest absolute Gasteiger partial charge is 0.393 e. The van der Waals surface area contributed by atoms with Gasteiger partial charge in [0.05, 0.1) is 10.2 Å². The van der Waals surface area contributed by atoms with Crippen molar-refractivity contribution in [3.8, 4) is 0 Å². The van der Waals surface area contributed by atoms with Crippen LogP contribution in [0.3, 0.4) is 0 Å². The Morgan fingerprint density at radius 2 is 2.38 bits per heavy atom. The maximum absolute atomic E-state index is 11.8. The first-order chi connectivity index (χ1) is 6.10. The van der Waals surface area contributed by atoms with Gasteiger partial charge in [0.25, 0.3) is 0 Å². The second kappa shape index (κ2) is 4.80. The molecule has 0 aromatic carbocycles. The zero-order valence-corrected chi connectivity index (χ0v) is 9.92. The van der Waals surface area contributed by atoms with Gasteiger partial charge in [0.1, 0.15) is 0 Å². The van der Waals surface area contributed by atoms with Crippen LogP contribution < -0.4 is 0 Å². The van der Waals surface area contributed by atoms with Crippen LogP contribution in [0.1, 0.15) is 33.1 Å². The van der Waals surface area contributed by atoms with Crippen molar-refractivity contribution in [3.63, 3.8) is 0 Å². The summed E-state index contributed by atoms with van der Waals surface area (Å²) in [5, 5.41) is 9.37. The summed E-state index contributed by atoms with van der Waals surface area (Å²) in [5.41, 5.74) is 0. The van der Waals surface area contributed by atoms with E-state index in [1.165, 1.54) is 0 Å². The first-order valence-electron chi connectivity index (χ1n) is 4.81. The van der Waals surface area contributed by atoms with E-state index in [9.17, 15) is 9.32 Å². The second-order valence-corrected chi connectivity index (χ2v) is 7.34. The molecule has 0 bridgehead atoms. The molecule has 1 fully saturated rings. The van der Waals surface area contributed by atoms with Gasteiger partial charge in [-0.05, 0) is 31.9 Å². The van der Waals surface area contributed by atoms with E-state index in [2.05, 4.69) is 6.92 Å². The highest BCUT2D eigenvalue weighted by Crippen LogP contribution is 2.42. The van der Waals surface area contributed by atoms with E-state index in [4.69, 9.17) is 0 Å². The molecule has 3 atom stereocenters. The van der Waals surface area contributed by atoms with Crippen molar-refractivity contribution in [3.05, 3.63) is 0 Å². The van der Waals surface area contributed by atoms with Gasteiger partial charge in [-0.2, -0.15) is 0 Å². The average Bonchev–Trinajstić information content (AvgIpc) is 2.32. The van der Waals surface area contributed by atoms with Crippen molar-refractivity contribution in [2.75, 3.05) is 11.5 Å². The van der Waals surface area contributed by atoms with Crippen LogP contribution in [0.15, 0.2) is 0 Å². The Kier molecular flexibility index (Phi) is 4.26. The topological polar surface area (TPSA) is 37.3 Å². The summed E-state index contributed by atoms with van der Waals surface area (Å²) >= 11 is 1.76. The van der Waals surface area contributed by atoms with E-state index in [-0.39, 0.29) is 10.2 Å². The van der Waals surface area contributed by atoms with Crippen molar-refractivity contribution in [1.29, 1.82) is 0 Å². The third kappa shape index (κ3) is 2.70.